The summed E-state index contributed by atoms with van der Waals surface area (Å²) in [5.74, 6) is -1.08. The molecule has 3 aliphatic heterocycles. The molecule has 7 heteroatoms. The summed E-state index contributed by atoms with van der Waals surface area (Å²) in [6.07, 6.45) is 5.72. The highest BCUT2D eigenvalue weighted by Crippen LogP contribution is 2.26. The Bertz CT molecular complexity index is 496. The zero-order chi connectivity index (χ0) is 17.1. The van der Waals surface area contributed by atoms with Crippen molar-refractivity contribution in [2.75, 3.05) is 32.7 Å². The molecule has 0 aromatic rings. The van der Waals surface area contributed by atoms with Gasteiger partial charge in [0.25, 0.3) is 0 Å². The fourth-order valence-corrected chi connectivity index (χ4v) is 4.11. The van der Waals surface area contributed by atoms with Gasteiger partial charge in [-0.2, -0.15) is 0 Å². The second kappa shape index (κ2) is 7.40. The number of carbonyl (C=O) groups is 3. The van der Waals surface area contributed by atoms with E-state index in [0.717, 1.165) is 38.8 Å². The van der Waals surface area contributed by atoms with Crippen LogP contribution in [0.15, 0.2) is 0 Å². The van der Waals surface area contributed by atoms with Gasteiger partial charge in [0, 0.05) is 38.6 Å². The van der Waals surface area contributed by atoms with Crippen LogP contribution in [0.1, 0.15) is 44.9 Å². The highest BCUT2D eigenvalue weighted by atomic mass is 16.4. The molecule has 0 aromatic heterocycles. The van der Waals surface area contributed by atoms with Gasteiger partial charge in [0.2, 0.25) is 5.91 Å². The molecule has 3 heterocycles. The molecule has 0 saturated carbocycles. The van der Waals surface area contributed by atoms with Gasteiger partial charge in [0.05, 0.1) is 0 Å². The van der Waals surface area contributed by atoms with E-state index in [1.807, 2.05) is 9.80 Å². The van der Waals surface area contributed by atoms with Crippen LogP contribution in [0.5, 0.6) is 0 Å². The first-order valence-electron chi connectivity index (χ1n) is 9.15. The van der Waals surface area contributed by atoms with E-state index in [1.165, 1.54) is 0 Å². The van der Waals surface area contributed by atoms with Crippen molar-refractivity contribution in [2.45, 2.75) is 51.0 Å². The van der Waals surface area contributed by atoms with E-state index in [2.05, 4.69) is 0 Å². The quantitative estimate of drug-likeness (QED) is 0.825. The molecule has 0 unspecified atom stereocenters. The van der Waals surface area contributed by atoms with Crippen molar-refractivity contribution < 1.29 is 19.5 Å². The maximum atomic E-state index is 12.7. The van der Waals surface area contributed by atoms with Crippen LogP contribution in [-0.4, -0.2) is 76.5 Å². The number of aliphatic carboxylic acids is 1. The van der Waals surface area contributed by atoms with Gasteiger partial charge >= 0.3 is 12.0 Å². The van der Waals surface area contributed by atoms with Crippen molar-refractivity contribution in [3.63, 3.8) is 0 Å². The number of amides is 3. The van der Waals surface area contributed by atoms with Gasteiger partial charge in [-0.1, -0.05) is 0 Å². The summed E-state index contributed by atoms with van der Waals surface area (Å²) in [4.78, 5) is 41.8. The lowest BCUT2D eigenvalue weighted by atomic mass is 9.92. The zero-order valence-corrected chi connectivity index (χ0v) is 14.2. The van der Waals surface area contributed by atoms with Crippen molar-refractivity contribution in [1.82, 2.24) is 14.7 Å². The molecule has 0 radical (unpaired) electrons. The van der Waals surface area contributed by atoms with E-state index in [1.54, 1.807) is 4.90 Å². The molecule has 3 fully saturated rings. The molecule has 0 aliphatic carbocycles. The first-order chi connectivity index (χ1) is 11.6. The second-order valence-corrected chi connectivity index (χ2v) is 7.12. The summed E-state index contributed by atoms with van der Waals surface area (Å²) >= 11 is 0. The van der Waals surface area contributed by atoms with Crippen molar-refractivity contribution in [1.29, 1.82) is 0 Å². The third-order valence-corrected chi connectivity index (χ3v) is 5.56. The molecule has 0 spiro atoms. The summed E-state index contributed by atoms with van der Waals surface area (Å²) < 4.78 is 0. The molecular formula is C17H27N3O4. The minimum atomic E-state index is -0.898. The molecular weight excluding hydrogens is 310 g/mol. The molecule has 1 N–H and O–H groups in total. The van der Waals surface area contributed by atoms with Crippen molar-refractivity contribution >= 4 is 17.9 Å². The number of piperidine rings is 2. The number of nitrogens with zero attached hydrogens (tertiary/aromatic N) is 3. The minimum Gasteiger partial charge on any atom is -0.480 e. The minimum absolute atomic E-state index is 0.0321. The molecule has 3 aliphatic rings. The molecule has 3 saturated heterocycles. The first-order valence-corrected chi connectivity index (χ1v) is 9.15. The Balaban J connectivity index is 1.54. The van der Waals surface area contributed by atoms with E-state index in [0.29, 0.717) is 38.9 Å². The molecule has 0 aromatic carbocycles. The summed E-state index contributed by atoms with van der Waals surface area (Å²) in [5, 5.41) is 9.34. The van der Waals surface area contributed by atoms with E-state index < -0.39 is 12.0 Å². The molecule has 1 atom stereocenters. The van der Waals surface area contributed by atoms with E-state index in [-0.39, 0.29) is 17.9 Å². The number of hydrogen-bond donors (Lipinski definition) is 1. The van der Waals surface area contributed by atoms with Gasteiger partial charge in [0.15, 0.2) is 0 Å². The Morgan fingerprint density at radius 2 is 1.33 bits per heavy atom. The predicted molar refractivity (Wildman–Crippen MR) is 87.5 cm³/mol. The lowest BCUT2D eigenvalue weighted by Crippen LogP contribution is -2.52. The number of likely N-dealkylation sites (tertiary alicyclic amines) is 3. The normalized spacial score (nSPS) is 25.8. The monoisotopic (exact) mass is 337 g/mol. The third kappa shape index (κ3) is 3.49. The van der Waals surface area contributed by atoms with Crippen LogP contribution in [0.3, 0.4) is 0 Å². The highest BCUT2D eigenvalue weighted by molar-refractivity contribution is 5.85. The Morgan fingerprint density at radius 3 is 1.96 bits per heavy atom. The number of urea groups is 1. The molecule has 0 bridgehead atoms. The number of carbonyl (C=O) groups excluding carboxylic acids is 2. The maximum absolute atomic E-state index is 12.7. The van der Waals surface area contributed by atoms with Crippen LogP contribution in [0.4, 0.5) is 4.79 Å². The molecule has 3 amide bonds. The molecule has 3 rings (SSSR count). The topological polar surface area (TPSA) is 81.2 Å². The van der Waals surface area contributed by atoms with Crippen LogP contribution >= 0.6 is 0 Å². The molecule has 24 heavy (non-hydrogen) atoms. The van der Waals surface area contributed by atoms with Gasteiger partial charge in [-0.05, 0) is 44.9 Å². The largest absolute Gasteiger partial charge is 0.480 e. The van der Waals surface area contributed by atoms with Crippen molar-refractivity contribution in [2.24, 2.45) is 5.92 Å². The lowest BCUT2D eigenvalue weighted by Gasteiger charge is -2.39. The first kappa shape index (κ1) is 17.0. The van der Waals surface area contributed by atoms with Crippen LogP contribution < -0.4 is 0 Å². The Labute approximate surface area is 142 Å². The fourth-order valence-electron chi connectivity index (χ4n) is 4.11. The number of carboxylic acids is 1. The van der Waals surface area contributed by atoms with Crippen molar-refractivity contribution in [3.8, 4) is 0 Å². The van der Waals surface area contributed by atoms with Crippen molar-refractivity contribution in [3.05, 3.63) is 0 Å². The fraction of sp³-hybridized carbons (Fsp3) is 0.824. The van der Waals surface area contributed by atoms with Crippen LogP contribution in [0.2, 0.25) is 0 Å². The van der Waals surface area contributed by atoms with E-state index in [4.69, 9.17) is 0 Å². The van der Waals surface area contributed by atoms with Crippen LogP contribution in [0, 0.1) is 5.92 Å². The third-order valence-electron chi connectivity index (χ3n) is 5.56. The van der Waals surface area contributed by atoms with Gasteiger partial charge in [-0.15, -0.1) is 0 Å². The van der Waals surface area contributed by atoms with Crippen LogP contribution in [-0.2, 0) is 9.59 Å². The van der Waals surface area contributed by atoms with Gasteiger partial charge in [-0.25, -0.2) is 9.59 Å². The Morgan fingerprint density at radius 1 is 0.750 bits per heavy atom. The van der Waals surface area contributed by atoms with E-state index >= 15 is 0 Å². The molecule has 7 nitrogen and oxygen atoms in total. The summed E-state index contributed by atoms with van der Waals surface area (Å²) in [5.41, 5.74) is 0. The Kier molecular flexibility index (Phi) is 5.26. The summed E-state index contributed by atoms with van der Waals surface area (Å²) in [7, 11) is 0. The molecule has 134 valence electrons. The second-order valence-electron chi connectivity index (χ2n) is 7.12. The zero-order valence-electron chi connectivity index (χ0n) is 14.2. The number of rotatable bonds is 2. The van der Waals surface area contributed by atoms with Gasteiger partial charge in [-0.3, -0.25) is 4.79 Å². The predicted octanol–water partition coefficient (Wildman–Crippen LogP) is 1.38. The van der Waals surface area contributed by atoms with E-state index in [9.17, 15) is 19.5 Å². The SMILES string of the molecule is O=C(O)[C@H]1CCCCN1C(=O)C1CCN(C(=O)N2CCCC2)CC1. The number of carboxylic acid groups (broad SMARTS) is 1. The highest BCUT2D eigenvalue weighted by Gasteiger charge is 2.37. The van der Waals surface area contributed by atoms with Gasteiger partial charge < -0.3 is 19.8 Å². The summed E-state index contributed by atoms with van der Waals surface area (Å²) in [6.45, 7) is 3.41. The lowest BCUT2D eigenvalue weighted by molar-refractivity contribution is -0.154. The average molecular weight is 337 g/mol. The maximum Gasteiger partial charge on any atom is 0.326 e. The van der Waals surface area contributed by atoms with Gasteiger partial charge in [0.1, 0.15) is 6.04 Å². The number of hydrogen-bond acceptors (Lipinski definition) is 3. The standard InChI is InChI=1S/C17H27N3O4/c21-15(20-10-2-1-5-14(20)16(22)23)13-6-11-19(12-7-13)17(24)18-8-3-4-9-18/h13-14H,1-12H2,(H,22,23)/t14-/m1/s1. The summed E-state index contributed by atoms with van der Waals surface area (Å²) in [6, 6.07) is -0.574. The average Bonchev–Trinajstić information content (AvgIpc) is 3.15. The smallest absolute Gasteiger partial charge is 0.326 e. The van der Waals surface area contributed by atoms with Crippen LogP contribution in [0.25, 0.3) is 0 Å². The Hall–Kier alpha value is -1.79.